The number of benzene rings is 2. The lowest BCUT2D eigenvalue weighted by molar-refractivity contribution is 0.360. The normalized spacial score (nSPS) is 21.1. The van der Waals surface area contributed by atoms with E-state index < -0.39 is 11.6 Å². The van der Waals surface area contributed by atoms with E-state index in [4.69, 9.17) is 5.73 Å². The lowest BCUT2D eigenvalue weighted by Crippen LogP contribution is -2.40. The Bertz CT molecular complexity index is 653. The summed E-state index contributed by atoms with van der Waals surface area (Å²) in [6, 6.07) is 12.1. The first-order valence-electron chi connectivity index (χ1n) is 7.37. The maximum Gasteiger partial charge on any atom is 0.129 e. The van der Waals surface area contributed by atoms with Crippen molar-refractivity contribution in [2.24, 2.45) is 5.73 Å². The molecule has 0 spiro atoms. The van der Waals surface area contributed by atoms with Gasteiger partial charge < -0.3 is 5.73 Å². The van der Waals surface area contributed by atoms with Gasteiger partial charge in [-0.3, -0.25) is 0 Å². The van der Waals surface area contributed by atoms with Crippen molar-refractivity contribution in [2.75, 3.05) is 6.54 Å². The Balaban J connectivity index is 2.02. The summed E-state index contributed by atoms with van der Waals surface area (Å²) in [5.41, 5.74) is 8.91. The number of hydrogen-bond acceptors (Lipinski definition) is 1. The highest BCUT2D eigenvalue weighted by atomic mass is 19.1. The lowest BCUT2D eigenvalue weighted by atomic mass is 9.67. The van der Waals surface area contributed by atoms with Crippen LogP contribution in [0, 0.1) is 11.6 Å². The molecule has 2 aromatic rings. The minimum absolute atomic E-state index is 0.243. The second-order valence-electron chi connectivity index (χ2n) is 5.91. The Kier molecular flexibility index (Phi) is 3.77. The fourth-order valence-electron chi connectivity index (χ4n) is 3.50. The number of aryl methyl sites for hydroxylation is 1. The van der Waals surface area contributed by atoms with Crippen molar-refractivity contribution >= 4 is 0 Å². The van der Waals surface area contributed by atoms with Crippen LogP contribution in [0.5, 0.6) is 0 Å². The third-order valence-corrected chi connectivity index (χ3v) is 4.62. The summed E-state index contributed by atoms with van der Waals surface area (Å²) < 4.78 is 27.1. The Morgan fingerprint density at radius 2 is 1.90 bits per heavy atom. The van der Waals surface area contributed by atoms with Gasteiger partial charge in [0.2, 0.25) is 0 Å². The van der Waals surface area contributed by atoms with Crippen molar-refractivity contribution in [2.45, 2.75) is 31.1 Å². The molecule has 2 aromatic carbocycles. The van der Waals surface area contributed by atoms with Crippen LogP contribution < -0.4 is 5.73 Å². The third-order valence-electron chi connectivity index (χ3n) is 4.62. The van der Waals surface area contributed by atoms with Crippen LogP contribution in [0.4, 0.5) is 8.78 Å². The van der Waals surface area contributed by atoms with Crippen LogP contribution in [-0.2, 0) is 18.3 Å². The molecular formula is C18H19F2N. The molecule has 0 aliphatic heterocycles. The molecule has 1 aliphatic rings. The van der Waals surface area contributed by atoms with Gasteiger partial charge in [0.15, 0.2) is 0 Å². The lowest BCUT2D eigenvalue weighted by Gasteiger charge is -2.38. The fraction of sp³-hybridized carbons (Fsp3) is 0.333. The molecule has 0 aromatic heterocycles. The summed E-state index contributed by atoms with van der Waals surface area (Å²) >= 11 is 0. The number of hydrogen-bond donors (Lipinski definition) is 1. The summed E-state index contributed by atoms with van der Waals surface area (Å²) in [5.74, 6) is -1.02. The zero-order valence-corrected chi connectivity index (χ0v) is 11.9. The second kappa shape index (κ2) is 5.57. The zero-order valence-electron chi connectivity index (χ0n) is 11.9. The van der Waals surface area contributed by atoms with Gasteiger partial charge in [0.1, 0.15) is 11.6 Å². The van der Waals surface area contributed by atoms with Crippen LogP contribution in [0.25, 0.3) is 0 Å². The highest BCUT2D eigenvalue weighted by molar-refractivity contribution is 5.39. The number of halogens is 2. The maximum absolute atomic E-state index is 14.0. The molecule has 0 radical (unpaired) electrons. The van der Waals surface area contributed by atoms with Gasteiger partial charge in [-0.1, -0.05) is 30.3 Å². The molecule has 0 bridgehead atoms. The van der Waals surface area contributed by atoms with E-state index >= 15 is 0 Å². The third kappa shape index (κ3) is 2.58. The van der Waals surface area contributed by atoms with E-state index in [2.05, 4.69) is 12.1 Å². The largest absolute Gasteiger partial charge is 0.330 e. The highest BCUT2D eigenvalue weighted by Crippen LogP contribution is 2.39. The van der Waals surface area contributed by atoms with Gasteiger partial charge in [0.05, 0.1) is 0 Å². The summed E-state index contributed by atoms with van der Waals surface area (Å²) in [4.78, 5) is 0. The first-order valence-corrected chi connectivity index (χ1v) is 7.37. The van der Waals surface area contributed by atoms with Crippen molar-refractivity contribution in [1.29, 1.82) is 0 Å². The van der Waals surface area contributed by atoms with Crippen LogP contribution in [0.3, 0.4) is 0 Å². The predicted molar refractivity (Wildman–Crippen MR) is 80.2 cm³/mol. The standard InChI is InChI=1S/C18H19F2N/c19-15-8-7-14(17(20)10-15)11-18(12-21)9-3-5-13-4-1-2-6-16(13)18/h1-2,4,6-8,10H,3,5,9,11-12,21H2. The molecule has 0 saturated heterocycles. The first kappa shape index (κ1) is 14.2. The minimum atomic E-state index is -0.540. The van der Waals surface area contributed by atoms with E-state index in [-0.39, 0.29) is 5.41 Å². The zero-order chi connectivity index (χ0) is 14.9. The van der Waals surface area contributed by atoms with Crippen molar-refractivity contribution < 1.29 is 8.78 Å². The van der Waals surface area contributed by atoms with E-state index in [0.717, 1.165) is 25.3 Å². The fourth-order valence-corrected chi connectivity index (χ4v) is 3.50. The first-order chi connectivity index (χ1) is 10.1. The van der Waals surface area contributed by atoms with Crippen molar-refractivity contribution in [3.63, 3.8) is 0 Å². The average molecular weight is 287 g/mol. The predicted octanol–water partition coefficient (Wildman–Crippen LogP) is 3.74. The molecule has 1 atom stereocenters. The maximum atomic E-state index is 14.0. The van der Waals surface area contributed by atoms with Gasteiger partial charge >= 0.3 is 0 Å². The molecule has 0 heterocycles. The van der Waals surface area contributed by atoms with E-state index in [1.54, 1.807) is 6.07 Å². The molecule has 1 aliphatic carbocycles. The molecule has 0 fully saturated rings. The van der Waals surface area contributed by atoms with Gasteiger partial charge in [-0.25, -0.2) is 8.78 Å². The van der Waals surface area contributed by atoms with Gasteiger partial charge in [0.25, 0.3) is 0 Å². The Hall–Kier alpha value is -1.74. The Morgan fingerprint density at radius 3 is 2.67 bits per heavy atom. The van der Waals surface area contributed by atoms with E-state index in [1.807, 2.05) is 12.1 Å². The molecule has 1 unspecified atom stereocenters. The number of rotatable bonds is 3. The molecule has 1 nitrogen and oxygen atoms in total. The van der Waals surface area contributed by atoms with Crippen LogP contribution in [0.2, 0.25) is 0 Å². The molecule has 0 amide bonds. The molecule has 0 saturated carbocycles. The van der Waals surface area contributed by atoms with E-state index in [0.29, 0.717) is 18.5 Å². The monoisotopic (exact) mass is 287 g/mol. The quantitative estimate of drug-likeness (QED) is 0.914. The van der Waals surface area contributed by atoms with Crippen LogP contribution in [0.1, 0.15) is 29.5 Å². The molecule has 110 valence electrons. The highest BCUT2D eigenvalue weighted by Gasteiger charge is 2.35. The van der Waals surface area contributed by atoms with Gasteiger partial charge in [-0.05, 0) is 48.4 Å². The summed E-state index contributed by atoms with van der Waals surface area (Å²) in [5, 5.41) is 0. The Labute approximate surface area is 123 Å². The average Bonchev–Trinajstić information content (AvgIpc) is 2.50. The SMILES string of the molecule is NCC1(Cc2ccc(F)cc2F)CCCc2ccccc21. The second-order valence-corrected chi connectivity index (χ2v) is 5.91. The molecule has 2 N–H and O–H groups in total. The molecular weight excluding hydrogens is 268 g/mol. The summed E-state index contributed by atoms with van der Waals surface area (Å²) in [7, 11) is 0. The van der Waals surface area contributed by atoms with Gasteiger partial charge in [-0.2, -0.15) is 0 Å². The molecule has 21 heavy (non-hydrogen) atoms. The minimum Gasteiger partial charge on any atom is -0.330 e. The van der Waals surface area contributed by atoms with Gasteiger partial charge in [-0.15, -0.1) is 0 Å². The Morgan fingerprint density at radius 1 is 1.10 bits per heavy atom. The smallest absolute Gasteiger partial charge is 0.129 e. The molecule has 3 heteroatoms. The summed E-state index contributed by atoms with van der Waals surface area (Å²) in [6.07, 6.45) is 3.56. The van der Waals surface area contributed by atoms with E-state index in [9.17, 15) is 8.78 Å². The summed E-state index contributed by atoms with van der Waals surface area (Å²) in [6.45, 7) is 0.473. The number of fused-ring (bicyclic) bond motifs is 1. The van der Waals surface area contributed by atoms with Crippen LogP contribution >= 0.6 is 0 Å². The van der Waals surface area contributed by atoms with Gasteiger partial charge in [0, 0.05) is 18.0 Å². The van der Waals surface area contributed by atoms with Crippen molar-refractivity contribution in [1.82, 2.24) is 0 Å². The van der Waals surface area contributed by atoms with Crippen LogP contribution in [-0.4, -0.2) is 6.54 Å². The molecule has 3 rings (SSSR count). The van der Waals surface area contributed by atoms with E-state index in [1.165, 1.54) is 17.2 Å². The number of nitrogens with two attached hydrogens (primary N) is 1. The topological polar surface area (TPSA) is 26.0 Å². The van der Waals surface area contributed by atoms with Crippen molar-refractivity contribution in [3.05, 3.63) is 70.8 Å². The van der Waals surface area contributed by atoms with Crippen molar-refractivity contribution in [3.8, 4) is 0 Å². The van der Waals surface area contributed by atoms with Crippen LogP contribution in [0.15, 0.2) is 42.5 Å².